The molecule has 0 saturated heterocycles. The summed E-state index contributed by atoms with van der Waals surface area (Å²) in [6, 6.07) is 0. The Morgan fingerprint density at radius 3 is 1.00 bits per heavy atom. The fraction of sp³-hybridized carbons (Fsp3) is 0. The molecule has 0 aliphatic carbocycles. The summed E-state index contributed by atoms with van der Waals surface area (Å²) in [5, 5.41) is 0. The summed E-state index contributed by atoms with van der Waals surface area (Å²) in [7, 11) is 0. The zero-order chi connectivity index (χ0) is 0. The summed E-state index contributed by atoms with van der Waals surface area (Å²) in [6.45, 7) is 0. The van der Waals surface area contributed by atoms with Crippen molar-refractivity contribution in [3.05, 3.63) is 0 Å². The molecule has 0 N–H and O–H groups in total. The van der Waals surface area contributed by atoms with Gasteiger partial charge in [0.1, 0.15) is 0 Å². The van der Waals surface area contributed by atoms with Crippen LogP contribution in [0.5, 0.6) is 0 Å². The normalized spacial score (nSPS) is 0. The van der Waals surface area contributed by atoms with E-state index >= 15 is 0 Å². The van der Waals surface area contributed by atoms with Gasteiger partial charge >= 0.3 is 0 Å². The summed E-state index contributed by atoms with van der Waals surface area (Å²) < 4.78 is 0. The van der Waals surface area contributed by atoms with Gasteiger partial charge in [-0.2, -0.15) is 0 Å². The van der Waals surface area contributed by atoms with E-state index in [2.05, 4.69) is 0 Å². The first kappa shape index (κ1) is 28.8. The van der Waals surface area contributed by atoms with E-state index < -0.39 is 0 Å². The van der Waals surface area contributed by atoms with Crippen molar-refractivity contribution in [2.45, 2.75) is 0 Å². The van der Waals surface area contributed by atoms with E-state index in [9.17, 15) is 0 Å². The molecule has 0 aliphatic heterocycles. The molecule has 0 heterocycles. The standard InChI is InChI=1S/Cr.Hf.Nb.Ti. The molecular formula is CrHfNbTi. The minimum atomic E-state index is 0. The molecule has 0 rings (SSSR count). The fourth-order valence-electron chi connectivity index (χ4n) is 0. The minimum absolute atomic E-state index is 0. The summed E-state index contributed by atoms with van der Waals surface area (Å²) in [6.07, 6.45) is 0. The molecule has 0 aliphatic rings. The predicted octanol–water partition coefficient (Wildman–Crippen LogP) is -0.0100. The van der Waals surface area contributed by atoms with Crippen LogP contribution in [0.2, 0.25) is 0 Å². The van der Waals surface area contributed by atoms with Crippen LogP contribution in [0, 0.1) is 0 Å². The zero-order valence-electron chi connectivity index (χ0n) is 1.86. The average molecular weight is 371 g/mol. The molecule has 0 aromatic heterocycles. The Balaban J connectivity index is 0. The van der Waals surface area contributed by atoms with Gasteiger partial charge in [0, 0.05) is 87.3 Å². The van der Waals surface area contributed by atoms with Crippen LogP contribution in [0.15, 0.2) is 0 Å². The SMILES string of the molecule is [Cr].[Hf].[Nb].[Ti]. The van der Waals surface area contributed by atoms with Crippen molar-refractivity contribution >= 4 is 0 Å². The topological polar surface area (TPSA) is 0 Å². The maximum atomic E-state index is 0. The molecular weight excluding hydrogens is 371 g/mol. The van der Waals surface area contributed by atoms with E-state index in [0.29, 0.717) is 0 Å². The van der Waals surface area contributed by atoms with Gasteiger partial charge in [0.15, 0.2) is 0 Å². The van der Waals surface area contributed by atoms with E-state index in [1.165, 1.54) is 0 Å². The van der Waals surface area contributed by atoms with E-state index in [0.717, 1.165) is 0 Å². The van der Waals surface area contributed by atoms with Crippen molar-refractivity contribution in [1.82, 2.24) is 0 Å². The Bertz CT molecular complexity index is 8.00. The first-order valence-electron chi connectivity index (χ1n) is 0. The average Bonchev–Trinajstić information content (AvgIpc) is 0. The Hall–Kier alpha value is 2.86. The second-order valence-electron chi connectivity index (χ2n) is 0. The van der Waals surface area contributed by atoms with Gasteiger partial charge in [0.05, 0.1) is 0 Å². The van der Waals surface area contributed by atoms with Crippen molar-refractivity contribution in [3.8, 4) is 0 Å². The van der Waals surface area contributed by atoms with E-state index in [1.54, 1.807) is 0 Å². The van der Waals surface area contributed by atoms with Crippen molar-refractivity contribution in [2.24, 2.45) is 0 Å². The summed E-state index contributed by atoms with van der Waals surface area (Å²) in [5.74, 6) is 0. The molecule has 0 fully saturated rings. The Kier molecular flexibility index (Phi) is 122. The van der Waals surface area contributed by atoms with Gasteiger partial charge in [0.2, 0.25) is 0 Å². The number of hydrogen-bond donors (Lipinski definition) is 0. The second kappa shape index (κ2) is 16.9. The molecule has 0 amide bonds. The molecule has 0 aromatic rings. The van der Waals surface area contributed by atoms with Crippen LogP contribution in [0.3, 0.4) is 0 Å². The third-order valence-corrected chi connectivity index (χ3v) is 0. The Morgan fingerprint density at radius 1 is 1.00 bits per heavy atom. The first-order valence-corrected chi connectivity index (χ1v) is 0. The molecule has 4 heteroatoms. The molecule has 0 spiro atoms. The van der Waals surface area contributed by atoms with Crippen LogP contribution >= 0.6 is 0 Å². The molecule has 1 radical (unpaired) electrons. The molecule has 0 atom stereocenters. The number of hydrogen-bond acceptors (Lipinski definition) is 0. The first-order chi connectivity index (χ1) is 0. The predicted molar refractivity (Wildman–Crippen MR) is 0 cm³/mol. The molecule has 0 saturated carbocycles. The number of rotatable bonds is 0. The fourth-order valence-corrected chi connectivity index (χ4v) is 0. The van der Waals surface area contributed by atoms with Crippen LogP contribution in [0.25, 0.3) is 0 Å². The summed E-state index contributed by atoms with van der Waals surface area (Å²) in [4.78, 5) is 0. The van der Waals surface area contributed by atoms with Crippen LogP contribution in [0.4, 0.5) is 0 Å². The summed E-state index contributed by atoms with van der Waals surface area (Å²) in [5.41, 5.74) is 0. The van der Waals surface area contributed by atoms with Gasteiger partial charge in [-0.3, -0.25) is 0 Å². The maximum absolute atomic E-state index is 0. The van der Waals surface area contributed by atoms with Gasteiger partial charge < -0.3 is 0 Å². The third kappa shape index (κ3) is 8.85. The van der Waals surface area contributed by atoms with Gasteiger partial charge in [-0.15, -0.1) is 0 Å². The van der Waals surface area contributed by atoms with Gasteiger partial charge in [-0.05, 0) is 0 Å². The zero-order valence-corrected chi connectivity index (χ0v) is 10.5. The van der Waals surface area contributed by atoms with Crippen molar-refractivity contribution in [1.29, 1.82) is 0 Å². The smallest absolute Gasteiger partial charge is 0 e. The van der Waals surface area contributed by atoms with Crippen LogP contribution in [-0.2, 0) is 87.3 Å². The van der Waals surface area contributed by atoms with E-state index in [4.69, 9.17) is 0 Å². The largest absolute Gasteiger partial charge is 0 e. The molecule has 0 unspecified atom stereocenters. The third-order valence-electron chi connectivity index (χ3n) is 0. The van der Waals surface area contributed by atoms with Gasteiger partial charge in [0.25, 0.3) is 0 Å². The molecule has 0 nitrogen and oxygen atoms in total. The van der Waals surface area contributed by atoms with Crippen molar-refractivity contribution < 1.29 is 87.3 Å². The van der Waals surface area contributed by atoms with E-state index in [-0.39, 0.29) is 87.3 Å². The molecule has 4 heavy (non-hydrogen) atoms. The van der Waals surface area contributed by atoms with Crippen LogP contribution < -0.4 is 0 Å². The second-order valence-corrected chi connectivity index (χ2v) is 0. The minimum Gasteiger partial charge on any atom is 0 e. The van der Waals surface area contributed by atoms with Gasteiger partial charge in [-0.25, -0.2) is 0 Å². The van der Waals surface area contributed by atoms with Crippen LogP contribution in [0.1, 0.15) is 0 Å². The van der Waals surface area contributed by atoms with Gasteiger partial charge in [-0.1, -0.05) is 0 Å². The Labute approximate surface area is 85.8 Å². The molecule has 0 bridgehead atoms. The van der Waals surface area contributed by atoms with Crippen LogP contribution in [-0.4, -0.2) is 0 Å². The van der Waals surface area contributed by atoms with E-state index in [1.807, 2.05) is 0 Å². The molecule has 0 aromatic carbocycles. The quantitative estimate of drug-likeness (QED) is 0.526. The summed E-state index contributed by atoms with van der Waals surface area (Å²) >= 11 is 0. The monoisotopic (exact) mass is 373 g/mol. The maximum Gasteiger partial charge on any atom is 0 e. The van der Waals surface area contributed by atoms with Crippen molar-refractivity contribution in [3.63, 3.8) is 0 Å². The molecule has 19 valence electrons. The van der Waals surface area contributed by atoms with Crippen molar-refractivity contribution in [2.75, 3.05) is 0 Å². The Morgan fingerprint density at radius 2 is 1.00 bits per heavy atom.